The first-order chi connectivity index (χ1) is 7.25. The fraction of sp³-hybridized carbons (Fsp3) is 0.750. The predicted molar refractivity (Wildman–Crippen MR) is 59.9 cm³/mol. The Labute approximate surface area is 91.4 Å². The SMILES string of the molecule is CC(C)c1cnn(CC2CCCCO2)c1. The van der Waals surface area contributed by atoms with Crippen LogP contribution in [0.1, 0.15) is 44.6 Å². The number of nitrogens with zero attached hydrogens (tertiary/aromatic N) is 2. The van der Waals surface area contributed by atoms with Crippen molar-refractivity contribution in [1.82, 2.24) is 9.78 Å². The Morgan fingerprint density at radius 3 is 3.00 bits per heavy atom. The summed E-state index contributed by atoms with van der Waals surface area (Å²) in [5.41, 5.74) is 1.31. The fourth-order valence-electron chi connectivity index (χ4n) is 1.94. The van der Waals surface area contributed by atoms with Crippen molar-refractivity contribution in [2.24, 2.45) is 0 Å². The molecule has 0 bridgehead atoms. The average molecular weight is 208 g/mol. The first-order valence-electron chi connectivity index (χ1n) is 5.89. The van der Waals surface area contributed by atoms with Gasteiger partial charge in [-0.05, 0) is 30.7 Å². The van der Waals surface area contributed by atoms with E-state index in [9.17, 15) is 0 Å². The smallest absolute Gasteiger partial charge is 0.0770 e. The van der Waals surface area contributed by atoms with Gasteiger partial charge in [0.1, 0.15) is 0 Å². The third-order valence-electron chi connectivity index (χ3n) is 2.98. The Morgan fingerprint density at radius 2 is 2.40 bits per heavy atom. The molecule has 1 fully saturated rings. The Balaban J connectivity index is 1.91. The third kappa shape index (κ3) is 2.81. The Kier molecular flexibility index (Phi) is 3.41. The maximum Gasteiger partial charge on any atom is 0.0770 e. The molecule has 1 aromatic heterocycles. The molecule has 84 valence electrons. The second-order valence-electron chi connectivity index (χ2n) is 4.64. The van der Waals surface area contributed by atoms with E-state index in [1.54, 1.807) is 0 Å². The molecule has 1 aromatic rings. The lowest BCUT2D eigenvalue weighted by Gasteiger charge is -2.22. The molecule has 3 nitrogen and oxygen atoms in total. The molecule has 0 spiro atoms. The quantitative estimate of drug-likeness (QED) is 0.763. The topological polar surface area (TPSA) is 27.1 Å². The highest BCUT2D eigenvalue weighted by atomic mass is 16.5. The summed E-state index contributed by atoms with van der Waals surface area (Å²) in [7, 11) is 0. The number of rotatable bonds is 3. The van der Waals surface area contributed by atoms with Gasteiger partial charge in [-0.2, -0.15) is 5.10 Å². The first-order valence-corrected chi connectivity index (χ1v) is 5.89. The molecule has 3 heteroatoms. The van der Waals surface area contributed by atoms with E-state index in [0.717, 1.165) is 13.2 Å². The highest BCUT2D eigenvalue weighted by molar-refractivity contribution is 5.08. The summed E-state index contributed by atoms with van der Waals surface area (Å²) >= 11 is 0. The van der Waals surface area contributed by atoms with Crippen LogP contribution in [-0.2, 0) is 11.3 Å². The van der Waals surface area contributed by atoms with Gasteiger partial charge in [0.2, 0.25) is 0 Å². The van der Waals surface area contributed by atoms with Crippen LogP contribution in [0.15, 0.2) is 12.4 Å². The van der Waals surface area contributed by atoms with E-state index in [-0.39, 0.29) is 0 Å². The van der Waals surface area contributed by atoms with E-state index in [2.05, 4.69) is 25.1 Å². The van der Waals surface area contributed by atoms with Gasteiger partial charge in [0.25, 0.3) is 0 Å². The molecule has 15 heavy (non-hydrogen) atoms. The number of hydrogen-bond acceptors (Lipinski definition) is 2. The van der Waals surface area contributed by atoms with Crippen LogP contribution in [0.4, 0.5) is 0 Å². The lowest BCUT2D eigenvalue weighted by atomic mass is 10.1. The Morgan fingerprint density at radius 1 is 1.53 bits per heavy atom. The van der Waals surface area contributed by atoms with Crippen LogP contribution >= 0.6 is 0 Å². The van der Waals surface area contributed by atoms with Gasteiger partial charge in [-0.1, -0.05) is 13.8 Å². The van der Waals surface area contributed by atoms with Crippen molar-refractivity contribution in [2.75, 3.05) is 6.61 Å². The van der Waals surface area contributed by atoms with E-state index in [0.29, 0.717) is 12.0 Å². The minimum atomic E-state index is 0.374. The molecular weight excluding hydrogens is 188 g/mol. The zero-order chi connectivity index (χ0) is 10.7. The molecule has 2 heterocycles. The molecule has 0 N–H and O–H groups in total. The lowest BCUT2D eigenvalue weighted by molar-refractivity contribution is 0.00398. The van der Waals surface area contributed by atoms with Crippen LogP contribution < -0.4 is 0 Å². The monoisotopic (exact) mass is 208 g/mol. The van der Waals surface area contributed by atoms with Crippen molar-refractivity contribution in [3.8, 4) is 0 Å². The van der Waals surface area contributed by atoms with Crippen LogP contribution in [0.2, 0.25) is 0 Å². The molecule has 0 aromatic carbocycles. The summed E-state index contributed by atoms with van der Waals surface area (Å²) < 4.78 is 7.71. The van der Waals surface area contributed by atoms with E-state index in [1.165, 1.54) is 24.8 Å². The normalized spacial score (nSPS) is 22.2. The standard InChI is InChI=1S/C12H20N2O/c1-10(2)11-7-13-14(8-11)9-12-5-3-4-6-15-12/h7-8,10,12H,3-6,9H2,1-2H3. The van der Waals surface area contributed by atoms with Crippen molar-refractivity contribution in [3.05, 3.63) is 18.0 Å². The highest BCUT2D eigenvalue weighted by Crippen LogP contribution is 2.16. The molecule has 1 atom stereocenters. The maximum absolute atomic E-state index is 5.69. The summed E-state index contributed by atoms with van der Waals surface area (Å²) in [4.78, 5) is 0. The van der Waals surface area contributed by atoms with E-state index >= 15 is 0 Å². The largest absolute Gasteiger partial charge is 0.376 e. The molecule has 1 aliphatic rings. The molecule has 0 aliphatic carbocycles. The van der Waals surface area contributed by atoms with Crippen LogP contribution in [0.5, 0.6) is 0 Å². The van der Waals surface area contributed by atoms with Crippen LogP contribution in [0.25, 0.3) is 0 Å². The van der Waals surface area contributed by atoms with Gasteiger partial charge in [0.15, 0.2) is 0 Å². The third-order valence-corrected chi connectivity index (χ3v) is 2.98. The van der Waals surface area contributed by atoms with Gasteiger partial charge in [0.05, 0.1) is 18.8 Å². The van der Waals surface area contributed by atoms with E-state index in [4.69, 9.17) is 4.74 Å². The highest BCUT2D eigenvalue weighted by Gasteiger charge is 2.14. The summed E-state index contributed by atoms with van der Waals surface area (Å²) in [6.07, 6.45) is 8.17. The minimum absolute atomic E-state index is 0.374. The maximum atomic E-state index is 5.69. The van der Waals surface area contributed by atoms with Gasteiger partial charge in [-0.25, -0.2) is 0 Å². The predicted octanol–water partition coefficient (Wildman–Crippen LogP) is 2.58. The second kappa shape index (κ2) is 4.79. The molecular formula is C12H20N2O. The fourth-order valence-corrected chi connectivity index (χ4v) is 1.94. The van der Waals surface area contributed by atoms with Crippen LogP contribution in [-0.4, -0.2) is 22.5 Å². The van der Waals surface area contributed by atoms with Crippen LogP contribution in [0, 0.1) is 0 Å². The van der Waals surface area contributed by atoms with Gasteiger partial charge in [-0.3, -0.25) is 4.68 Å². The van der Waals surface area contributed by atoms with Gasteiger partial charge < -0.3 is 4.74 Å². The summed E-state index contributed by atoms with van der Waals surface area (Å²) in [6, 6.07) is 0. The second-order valence-corrected chi connectivity index (χ2v) is 4.64. The zero-order valence-corrected chi connectivity index (χ0v) is 9.65. The van der Waals surface area contributed by atoms with Crippen LogP contribution in [0.3, 0.4) is 0 Å². The minimum Gasteiger partial charge on any atom is -0.376 e. The lowest BCUT2D eigenvalue weighted by Crippen LogP contribution is -2.24. The molecule has 0 saturated carbocycles. The molecule has 1 unspecified atom stereocenters. The Bertz CT molecular complexity index is 300. The molecule has 0 radical (unpaired) electrons. The molecule has 0 amide bonds. The summed E-state index contributed by atoms with van der Waals surface area (Å²) in [6.45, 7) is 6.21. The molecule has 2 rings (SSSR count). The van der Waals surface area contributed by atoms with Crippen molar-refractivity contribution >= 4 is 0 Å². The van der Waals surface area contributed by atoms with Crippen molar-refractivity contribution in [2.45, 2.75) is 51.7 Å². The number of ether oxygens (including phenoxy) is 1. The van der Waals surface area contributed by atoms with Gasteiger partial charge >= 0.3 is 0 Å². The summed E-state index contributed by atoms with van der Waals surface area (Å²) in [5.74, 6) is 0.561. The molecule has 1 aliphatic heterocycles. The van der Waals surface area contributed by atoms with Gasteiger partial charge in [0, 0.05) is 12.8 Å². The average Bonchev–Trinajstić information content (AvgIpc) is 2.68. The number of hydrogen-bond donors (Lipinski definition) is 0. The Hall–Kier alpha value is -0.830. The number of aromatic nitrogens is 2. The first kappa shape index (κ1) is 10.7. The summed E-state index contributed by atoms with van der Waals surface area (Å²) in [5, 5.41) is 4.37. The van der Waals surface area contributed by atoms with E-state index in [1.807, 2.05) is 10.9 Å². The van der Waals surface area contributed by atoms with Crippen molar-refractivity contribution in [3.63, 3.8) is 0 Å². The van der Waals surface area contributed by atoms with E-state index < -0.39 is 0 Å². The van der Waals surface area contributed by atoms with Crippen molar-refractivity contribution < 1.29 is 4.74 Å². The zero-order valence-electron chi connectivity index (χ0n) is 9.65. The molecule has 1 saturated heterocycles. The van der Waals surface area contributed by atoms with Crippen molar-refractivity contribution in [1.29, 1.82) is 0 Å². The van der Waals surface area contributed by atoms with Gasteiger partial charge in [-0.15, -0.1) is 0 Å².